The summed E-state index contributed by atoms with van der Waals surface area (Å²) in [4.78, 5) is 14.3. The van der Waals surface area contributed by atoms with Crippen molar-refractivity contribution in [2.45, 2.75) is 121 Å². The van der Waals surface area contributed by atoms with E-state index >= 15 is 17.6 Å². The number of esters is 1. The zero-order chi connectivity index (χ0) is 53.3. The van der Waals surface area contributed by atoms with Crippen molar-refractivity contribution in [3.63, 3.8) is 0 Å². The molecule has 2 N–H and O–H groups in total. The van der Waals surface area contributed by atoms with Gasteiger partial charge in [-0.25, -0.2) is 35.2 Å². The summed E-state index contributed by atoms with van der Waals surface area (Å²) >= 11 is 0.302. The lowest BCUT2D eigenvalue weighted by Gasteiger charge is -2.22. The molecule has 7 rings (SSSR count). The summed E-state index contributed by atoms with van der Waals surface area (Å²) in [6.45, 7) is 21.7. The van der Waals surface area contributed by atoms with E-state index in [4.69, 9.17) is 14.1 Å². The maximum Gasteiger partial charge on any atom is 0.311 e. The quantitative estimate of drug-likeness (QED) is 0.0217. The van der Waals surface area contributed by atoms with Gasteiger partial charge in [0, 0.05) is 51.3 Å². The number of anilines is 2. The molecule has 5 aromatic rings. The average Bonchev–Trinajstić information content (AvgIpc) is 3.34. The molecule has 0 aromatic heterocycles. The molecule has 9 nitrogen and oxygen atoms in total. The Morgan fingerprint density at radius 3 is 1.89 bits per heavy atom. The van der Waals surface area contributed by atoms with Gasteiger partial charge in [-0.1, -0.05) is 117 Å². The highest BCUT2D eigenvalue weighted by molar-refractivity contribution is 8.02. The Kier molecular flexibility index (Phi) is 16.8. The number of nitrogens with one attached hydrogen (secondary N) is 2. The number of carbonyl (C=O) groups is 1. The number of para-hydroxylation sites is 2. The van der Waals surface area contributed by atoms with E-state index < -0.39 is 65.5 Å². The van der Waals surface area contributed by atoms with Crippen molar-refractivity contribution >= 4 is 66.8 Å². The van der Waals surface area contributed by atoms with Gasteiger partial charge in [0.15, 0.2) is 28.2 Å². The SMILES string of the molecule is CCC(C)(C)C(=O)OCCSc1c(F)c(F)c(S(=O)(=O)NS(=O)c2ccccc2-c2c3ccc(=Nc4c(C(C)C)cccc4C(C)C)cc-3oc3cc(Nc4c(C(C)C)cccc4C(C)C)ccc23)c(F)c1F. The molecule has 5 aromatic carbocycles. The Labute approximate surface area is 432 Å². The number of carbonyl (C=O) groups excluding carboxylic acids is 1. The molecule has 73 heavy (non-hydrogen) atoms. The molecular weight excluding hydrogens is 995 g/mol. The fourth-order valence-corrected chi connectivity index (χ4v) is 12.0. The highest BCUT2D eigenvalue weighted by Crippen LogP contribution is 2.44. The van der Waals surface area contributed by atoms with Crippen LogP contribution in [0.2, 0.25) is 0 Å². The second-order valence-electron chi connectivity index (χ2n) is 19.8. The lowest BCUT2D eigenvalue weighted by Crippen LogP contribution is -2.29. The molecule has 0 spiro atoms. The number of benzene rings is 6. The van der Waals surface area contributed by atoms with Crippen LogP contribution in [0.25, 0.3) is 33.4 Å². The van der Waals surface area contributed by atoms with Gasteiger partial charge >= 0.3 is 5.97 Å². The number of hydrogen-bond donors (Lipinski definition) is 2. The van der Waals surface area contributed by atoms with Crippen LogP contribution in [-0.4, -0.2) is 31.0 Å². The molecule has 16 heteroatoms. The zero-order valence-electron chi connectivity index (χ0n) is 42.8. The maximum atomic E-state index is 15.7. The Morgan fingerprint density at radius 2 is 1.32 bits per heavy atom. The Balaban J connectivity index is 1.34. The molecule has 0 fully saturated rings. The molecule has 2 aliphatic rings. The van der Waals surface area contributed by atoms with E-state index in [0.29, 0.717) is 57.1 Å². The Hall–Kier alpha value is -5.81. The Bertz CT molecular complexity index is 3330. The van der Waals surface area contributed by atoms with E-state index in [1.54, 1.807) is 37.0 Å². The summed E-state index contributed by atoms with van der Waals surface area (Å²) in [6, 6.07) is 29.6. The van der Waals surface area contributed by atoms with Crippen LogP contribution in [-0.2, 0) is 30.5 Å². The lowest BCUT2D eigenvalue weighted by molar-refractivity contribution is -0.153. The van der Waals surface area contributed by atoms with Gasteiger partial charge in [0.1, 0.15) is 28.9 Å². The second kappa shape index (κ2) is 22.3. The van der Waals surface area contributed by atoms with Crippen LogP contribution < -0.4 is 14.8 Å². The molecule has 0 radical (unpaired) electrons. The van der Waals surface area contributed by atoms with E-state index in [1.807, 2.05) is 42.5 Å². The van der Waals surface area contributed by atoms with Gasteiger partial charge in [-0.15, -0.1) is 15.9 Å². The fourth-order valence-electron chi connectivity index (χ4n) is 8.52. The first-order valence-corrected chi connectivity index (χ1v) is 27.9. The third-order valence-electron chi connectivity index (χ3n) is 12.9. The number of nitrogens with zero attached hydrogens (tertiary/aromatic N) is 1. The van der Waals surface area contributed by atoms with Gasteiger partial charge in [-0.05, 0) is 96.5 Å². The van der Waals surface area contributed by atoms with Crippen molar-refractivity contribution in [2.24, 2.45) is 10.4 Å². The summed E-state index contributed by atoms with van der Waals surface area (Å²) < 4.78 is 118. The van der Waals surface area contributed by atoms with Gasteiger partial charge in [-0.2, -0.15) is 0 Å². The number of hydrogen-bond acceptors (Lipinski definition) is 9. The lowest BCUT2D eigenvalue weighted by atomic mass is 9.91. The predicted molar refractivity (Wildman–Crippen MR) is 285 cm³/mol. The molecule has 0 saturated carbocycles. The van der Waals surface area contributed by atoms with Crippen LogP contribution in [0.4, 0.5) is 34.6 Å². The third-order valence-corrected chi connectivity index (χ3v) is 17.1. The van der Waals surface area contributed by atoms with E-state index in [2.05, 4.69) is 91.0 Å². The van der Waals surface area contributed by atoms with Gasteiger partial charge in [0.25, 0.3) is 10.0 Å². The summed E-state index contributed by atoms with van der Waals surface area (Å²) in [6.07, 6.45) is 0.453. The van der Waals surface area contributed by atoms with Crippen molar-refractivity contribution in [1.29, 1.82) is 0 Å². The molecule has 1 heterocycles. The van der Waals surface area contributed by atoms with E-state index in [-0.39, 0.29) is 46.5 Å². The van der Waals surface area contributed by atoms with Gasteiger partial charge in [-0.3, -0.25) is 4.79 Å². The average molecular weight is 1060 g/mol. The van der Waals surface area contributed by atoms with E-state index in [1.165, 1.54) is 12.1 Å². The van der Waals surface area contributed by atoms with Crippen molar-refractivity contribution in [3.05, 3.63) is 148 Å². The monoisotopic (exact) mass is 1060 g/mol. The molecule has 1 unspecified atom stereocenters. The van der Waals surface area contributed by atoms with Crippen molar-refractivity contribution in [3.8, 4) is 22.5 Å². The number of sulfonamides is 1. The minimum atomic E-state index is -5.58. The summed E-state index contributed by atoms with van der Waals surface area (Å²) in [5.74, 6) is -8.14. The van der Waals surface area contributed by atoms with E-state index in [9.17, 15) is 17.4 Å². The third kappa shape index (κ3) is 11.5. The minimum Gasteiger partial charge on any atom is -0.464 e. The van der Waals surface area contributed by atoms with Gasteiger partial charge in [0.05, 0.1) is 26.3 Å². The van der Waals surface area contributed by atoms with E-state index in [0.717, 1.165) is 33.6 Å². The standard InChI is InChI=1S/C57H61F4N3O6S3/c1-12-57(10,11)56(65)69-27-28-71-54-48(58)50(60)55(51(61)49(54)59)73(67,68)64-72(66)46-22-14-13-17-43(46)47-41-25-23-35(62-52-37(31(2)3)18-15-19-38(52)32(4)5)29-44(41)70-45-30-36(24-26-42(45)47)63-53-39(33(6)7)20-16-21-40(53)34(8)9/h13-26,29-34,62,64H,12,27-28H2,1-11H3. The first kappa shape index (κ1) is 55.0. The van der Waals surface area contributed by atoms with Crippen molar-refractivity contribution < 1.29 is 44.1 Å². The topological polar surface area (TPSA) is 127 Å². The highest BCUT2D eigenvalue weighted by atomic mass is 32.3. The van der Waals surface area contributed by atoms with Crippen LogP contribution in [0.15, 0.2) is 121 Å². The summed E-state index contributed by atoms with van der Waals surface area (Å²) in [5.41, 5.74) is 7.78. The smallest absolute Gasteiger partial charge is 0.311 e. The second-order valence-corrected chi connectivity index (χ2v) is 24.0. The zero-order valence-corrected chi connectivity index (χ0v) is 45.3. The fraction of sp³-hybridized carbons (Fsp3) is 0.333. The number of ether oxygens (including phenoxy) is 1. The van der Waals surface area contributed by atoms with Crippen LogP contribution in [0.3, 0.4) is 0 Å². The summed E-state index contributed by atoms with van der Waals surface area (Å²) in [7, 11) is -8.41. The molecule has 0 saturated heterocycles. The predicted octanol–water partition coefficient (Wildman–Crippen LogP) is 15.3. The minimum absolute atomic E-state index is 0.134. The first-order chi connectivity index (χ1) is 34.5. The number of halogens is 4. The van der Waals surface area contributed by atoms with Crippen LogP contribution >= 0.6 is 11.8 Å². The van der Waals surface area contributed by atoms with Crippen LogP contribution in [0.1, 0.15) is 129 Å². The number of fused-ring (bicyclic) bond motifs is 2. The highest BCUT2D eigenvalue weighted by Gasteiger charge is 2.36. The van der Waals surface area contributed by atoms with Crippen LogP contribution in [0, 0.1) is 28.7 Å². The molecule has 386 valence electrons. The molecule has 1 aliphatic carbocycles. The summed E-state index contributed by atoms with van der Waals surface area (Å²) in [5, 5.41) is 4.79. The first-order valence-electron chi connectivity index (χ1n) is 24.2. The molecule has 1 aliphatic heterocycles. The van der Waals surface area contributed by atoms with Crippen LogP contribution in [0.5, 0.6) is 0 Å². The molecular formula is C57H61F4N3O6S3. The maximum absolute atomic E-state index is 15.7. The number of thioether (sulfide) groups is 1. The Morgan fingerprint density at radius 1 is 0.740 bits per heavy atom. The number of rotatable bonds is 18. The van der Waals surface area contributed by atoms with Gasteiger partial charge in [0.2, 0.25) is 0 Å². The van der Waals surface area contributed by atoms with Gasteiger partial charge < -0.3 is 14.5 Å². The molecule has 0 bridgehead atoms. The molecule has 1 atom stereocenters. The van der Waals surface area contributed by atoms with Crippen molar-refractivity contribution in [2.75, 3.05) is 17.7 Å². The van der Waals surface area contributed by atoms with Crippen molar-refractivity contribution in [1.82, 2.24) is 4.13 Å². The normalized spacial score (nSPS) is 13.1. The largest absolute Gasteiger partial charge is 0.464 e. The molecule has 0 amide bonds.